The van der Waals surface area contributed by atoms with E-state index in [1.165, 1.54) is 0 Å². The van der Waals surface area contributed by atoms with Crippen molar-refractivity contribution in [1.82, 2.24) is 4.90 Å². The molecule has 1 unspecified atom stereocenters. The number of hydrogen-bond acceptors (Lipinski definition) is 2. The second-order valence-electron chi connectivity index (χ2n) is 3.72. The average Bonchev–Trinajstić information content (AvgIpc) is 1.84. The van der Waals surface area contributed by atoms with E-state index in [-0.39, 0.29) is 5.91 Å². The lowest BCUT2D eigenvalue weighted by Crippen LogP contribution is -2.17. The predicted octanol–water partition coefficient (Wildman–Crippen LogP) is 0.840. The molecule has 0 aromatic carbocycles. The molecule has 0 heterocycles. The molecule has 3 heteroatoms. The summed E-state index contributed by atoms with van der Waals surface area (Å²) >= 11 is 0. The number of amides is 1. The van der Waals surface area contributed by atoms with Crippen molar-refractivity contribution in [1.29, 1.82) is 0 Å². The van der Waals surface area contributed by atoms with Crippen LogP contribution in [-0.2, 0) is 4.79 Å². The van der Waals surface area contributed by atoms with Gasteiger partial charge in [-0.3, -0.25) is 4.79 Å². The SMILES string of the molecule is CC(CCCN(C)C)CC(N)=O. The van der Waals surface area contributed by atoms with Crippen molar-refractivity contribution in [3.63, 3.8) is 0 Å². The van der Waals surface area contributed by atoms with Crippen LogP contribution in [0.2, 0.25) is 0 Å². The molecular formula is C9H20N2O. The van der Waals surface area contributed by atoms with E-state index in [1.54, 1.807) is 0 Å². The highest BCUT2D eigenvalue weighted by molar-refractivity contribution is 5.73. The first-order valence-corrected chi connectivity index (χ1v) is 4.45. The molecule has 0 fully saturated rings. The van der Waals surface area contributed by atoms with Gasteiger partial charge in [0.15, 0.2) is 0 Å². The van der Waals surface area contributed by atoms with Gasteiger partial charge in [0, 0.05) is 6.42 Å². The van der Waals surface area contributed by atoms with Crippen LogP contribution in [0, 0.1) is 5.92 Å². The van der Waals surface area contributed by atoms with E-state index in [0.29, 0.717) is 12.3 Å². The fourth-order valence-corrected chi connectivity index (χ4v) is 1.20. The number of primary amides is 1. The molecule has 1 amide bonds. The van der Waals surface area contributed by atoms with Crippen molar-refractivity contribution < 1.29 is 4.79 Å². The molecule has 12 heavy (non-hydrogen) atoms. The first kappa shape index (κ1) is 11.4. The maximum Gasteiger partial charge on any atom is 0.217 e. The van der Waals surface area contributed by atoms with Crippen LogP contribution in [0.25, 0.3) is 0 Å². The molecule has 0 bridgehead atoms. The molecule has 72 valence electrons. The predicted molar refractivity (Wildman–Crippen MR) is 50.8 cm³/mol. The van der Waals surface area contributed by atoms with Crippen LogP contribution >= 0.6 is 0 Å². The van der Waals surface area contributed by atoms with Crippen LogP contribution in [0.5, 0.6) is 0 Å². The fourth-order valence-electron chi connectivity index (χ4n) is 1.20. The summed E-state index contributed by atoms with van der Waals surface area (Å²) in [5, 5.41) is 0. The Morgan fingerprint density at radius 2 is 2.08 bits per heavy atom. The van der Waals surface area contributed by atoms with Crippen molar-refractivity contribution in [2.75, 3.05) is 20.6 Å². The van der Waals surface area contributed by atoms with E-state index < -0.39 is 0 Å². The summed E-state index contributed by atoms with van der Waals surface area (Å²) in [6.45, 7) is 3.16. The third-order valence-corrected chi connectivity index (χ3v) is 1.85. The van der Waals surface area contributed by atoms with Crippen molar-refractivity contribution in [3.8, 4) is 0 Å². The van der Waals surface area contributed by atoms with Crippen LogP contribution in [0.15, 0.2) is 0 Å². The molecule has 0 aliphatic rings. The quantitative estimate of drug-likeness (QED) is 0.645. The van der Waals surface area contributed by atoms with Gasteiger partial charge in [0.25, 0.3) is 0 Å². The maximum atomic E-state index is 10.5. The van der Waals surface area contributed by atoms with E-state index in [1.807, 2.05) is 0 Å². The van der Waals surface area contributed by atoms with Gasteiger partial charge in [0.1, 0.15) is 0 Å². The standard InChI is InChI=1S/C9H20N2O/c1-8(7-9(10)12)5-4-6-11(2)3/h8H,4-7H2,1-3H3,(H2,10,12). The van der Waals surface area contributed by atoms with Gasteiger partial charge in [-0.25, -0.2) is 0 Å². The molecule has 0 aromatic heterocycles. The molecular weight excluding hydrogens is 152 g/mol. The van der Waals surface area contributed by atoms with E-state index >= 15 is 0 Å². The number of nitrogens with zero attached hydrogens (tertiary/aromatic N) is 1. The molecule has 3 nitrogen and oxygen atoms in total. The Morgan fingerprint density at radius 3 is 2.50 bits per heavy atom. The number of rotatable bonds is 6. The minimum atomic E-state index is -0.188. The van der Waals surface area contributed by atoms with E-state index in [0.717, 1.165) is 19.4 Å². The van der Waals surface area contributed by atoms with E-state index in [9.17, 15) is 4.79 Å². The third kappa shape index (κ3) is 7.54. The van der Waals surface area contributed by atoms with Gasteiger partial charge in [-0.2, -0.15) is 0 Å². The largest absolute Gasteiger partial charge is 0.370 e. The second-order valence-corrected chi connectivity index (χ2v) is 3.72. The minimum absolute atomic E-state index is 0.188. The maximum absolute atomic E-state index is 10.5. The summed E-state index contributed by atoms with van der Waals surface area (Å²) in [6.07, 6.45) is 2.75. The molecule has 0 rings (SSSR count). The molecule has 2 N–H and O–H groups in total. The summed E-state index contributed by atoms with van der Waals surface area (Å²) in [5.41, 5.74) is 5.08. The van der Waals surface area contributed by atoms with Crippen LogP contribution in [0.1, 0.15) is 26.2 Å². The summed E-state index contributed by atoms with van der Waals surface area (Å²) in [7, 11) is 4.11. The highest BCUT2D eigenvalue weighted by Gasteiger charge is 2.05. The smallest absolute Gasteiger partial charge is 0.217 e. The molecule has 1 atom stereocenters. The number of nitrogens with two attached hydrogens (primary N) is 1. The van der Waals surface area contributed by atoms with Gasteiger partial charge < -0.3 is 10.6 Å². The number of carbonyl (C=O) groups is 1. The molecule has 0 aliphatic carbocycles. The van der Waals surface area contributed by atoms with E-state index in [2.05, 4.69) is 25.9 Å². The Kier molecular flexibility index (Phi) is 5.72. The molecule has 0 spiro atoms. The van der Waals surface area contributed by atoms with Crippen LogP contribution < -0.4 is 5.73 Å². The molecule has 0 saturated carbocycles. The summed E-state index contributed by atoms with van der Waals surface area (Å²) in [5.74, 6) is 0.245. The Bertz CT molecular complexity index is 134. The second kappa shape index (κ2) is 6.00. The third-order valence-electron chi connectivity index (χ3n) is 1.85. The highest BCUT2D eigenvalue weighted by Crippen LogP contribution is 2.09. The average molecular weight is 172 g/mol. The molecule has 0 radical (unpaired) electrons. The van der Waals surface area contributed by atoms with Gasteiger partial charge in [-0.05, 0) is 39.4 Å². The minimum Gasteiger partial charge on any atom is -0.370 e. The van der Waals surface area contributed by atoms with Gasteiger partial charge in [0.05, 0.1) is 0 Å². The molecule has 0 aromatic rings. The fraction of sp³-hybridized carbons (Fsp3) is 0.889. The first-order chi connectivity index (χ1) is 5.52. The highest BCUT2D eigenvalue weighted by atomic mass is 16.1. The zero-order valence-electron chi connectivity index (χ0n) is 8.34. The lowest BCUT2D eigenvalue weighted by molar-refractivity contribution is -0.118. The lowest BCUT2D eigenvalue weighted by Gasteiger charge is -2.12. The zero-order chi connectivity index (χ0) is 9.56. The van der Waals surface area contributed by atoms with Crippen molar-refractivity contribution in [2.45, 2.75) is 26.2 Å². The molecule has 0 saturated heterocycles. The number of carbonyl (C=O) groups excluding carboxylic acids is 1. The van der Waals surface area contributed by atoms with Crippen LogP contribution in [-0.4, -0.2) is 31.4 Å². The van der Waals surface area contributed by atoms with Crippen molar-refractivity contribution in [3.05, 3.63) is 0 Å². The van der Waals surface area contributed by atoms with Gasteiger partial charge in [-0.1, -0.05) is 6.92 Å². The zero-order valence-corrected chi connectivity index (χ0v) is 8.34. The Balaban J connectivity index is 3.31. The Morgan fingerprint density at radius 1 is 1.50 bits per heavy atom. The van der Waals surface area contributed by atoms with Gasteiger partial charge in [0.2, 0.25) is 5.91 Å². The number of hydrogen-bond donors (Lipinski definition) is 1. The summed E-state index contributed by atoms with van der Waals surface area (Å²) in [6, 6.07) is 0. The summed E-state index contributed by atoms with van der Waals surface area (Å²) < 4.78 is 0. The van der Waals surface area contributed by atoms with Gasteiger partial charge in [-0.15, -0.1) is 0 Å². The normalized spacial score (nSPS) is 13.3. The Hall–Kier alpha value is -0.570. The van der Waals surface area contributed by atoms with Crippen LogP contribution in [0.3, 0.4) is 0 Å². The van der Waals surface area contributed by atoms with Crippen molar-refractivity contribution >= 4 is 5.91 Å². The van der Waals surface area contributed by atoms with Crippen LogP contribution in [0.4, 0.5) is 0 Å². The van der Waals surface area contributed by atoms with Crippen molar-refractivity contribution in [2.24, 2.45) is 11.7 Å². The first-order valence-electron chi connectivity index (χ1n) is 4.45. The van der Waals surface area contributed by atoms with Gasteiger partial charge >= 0.3 is 0 Å². The summed E-state index contributed by atoms with van der Waals surface area (Å²) in [4.78, 5) is 12.7. The van der Waals surface area contributed by atoms with E-state index in [4.69, 9.17) is 5.73 Å². The molecule has 0 aliphatic heterocycles. The Labute approximate surface area is 74.9 Å². The monoisotopic (exact) mass is 172 g/mol. The lowest BCUT2D eigenvalue weighted by atomic mass is 10.0. The topological polar surface area (TPSA) is 46.3 Å².